The molecule has 108 valence electrons. The van der Waals surface area contributed by atoms with Crippen molar-refractivity contribution in [2.24, 2.45) is 11.7 Å². The molecule has 1 amide bonds. The number of hydrogen-bond acceptors (Lipinski definition) is 2. The fraction of sp³-hybridized carbons (Fsp3) is 0.438. The molecule has 2 atom stereocenters. The minimum Gasteiger partial charge on any atom is -0.339 e. The first-order chi connectivity index (χ1) is 9.58. The van der Waals surface area contributed by atoms with Crippen LogP contribution in [0.5, 0.6) is 0 Å². The van der Waals surface area contributed by atoms with Crippen LogP contribution in [-0.2, 0) is 4.79 Å². The number of benzene rings is 1. The van der Waals surface area contributed by atoms with Gasteiger partial charge in [-0.3, -0.25) is 4.79 Å². The normalized spacial score (nSPS) is 21.1. The quantitative estimate of drug-likeness (QED) is 0.862. The van der Waals surface area contributed by atoms with Crippen LogP contribution < -0.4 is 5.73 Å². The molecule has 0 spiro atoms. The highest BCUT2D eigenvalue weighted by Gasteiger charge is 2.24. The molecule has 1 aliphatic heterocycles. The van der Waals surface area contributed by atoms with E-state index in [4.69, 9.17) is 5.73 Å². The van der Waals surface area contributed by atoms with Gasteiger partial charge in [0.25, 0.3) is 0 Å². The molecular formula is C16H21FN2O. The summed E-state index contributed by atoms with van der Waals surface area (Å²) in [4.78, 5) is 13.9. The molecule has 2 N–H and O–H groups in total. The Morgan fingerprint density at radius 1 is 1.50 bits per heavy atom. The molecule has 1 fully saturated rings. The predicted molar refractivity (Wildman–Crippen MR) is 78.4 cm³/mol. The molecule has 0 saturated carbocycles. The summed E-state index contributed by atoms with van der Waals surface area (Å²) in [6.45, 7) is 3.43. The molecule has 0 aromatic heterocycles. The second-order valence-corrected chi connectivity index (χ2v) is 5.40. The van der Waals surface area contributed by atoms with Crippen molar-refractivity contribution in [1.29, 1.82) is 0 Å². The average molecular weight is 276 g/mol. The molecule has 0 aliphatic carbocycles. The van der Waals surface area contributed by atoms with E-state index in [-0.39, 0.29) is 17.8 Å². The summed E-state index contributed by atoms with van der Waals surface area (Å²) in [5.74, 6) is -0.0307. The third kappa shape index (κ3) is 3.67. The van der Waals surface area contributed by atoms with Crippen molar-refractivity contribution in [3.05, 3.63) is 41.7 Å². The van der Waals surface area contributed by atoms with Crippen molar-refractivity contribution < 1.29 is 9.18 Å². The van der Waals surface area contributed by atoms with Gasteiger partial charge in [0.15, 0.2) is 0 Å². The van der Waals surface area contributed by atoms with Gasteiger partial charge in [-0.1, -0.05) is 18.2 Å². The van der Waals surface area contributed by atoms with Gasteiger partial charge in [0.05, 0.1) is 0 Å². The van der Waals surface area contributed by atoms with Gasteiger partial charge in [-0.15, -0.1) is 0 Å². The maximum absolute atomic E-state index is 13.5. The number of nitrogens with zero attached hydrogens (tertiary/aromatic N) is 1. The zero-order chi connectivity index (χ0) is 14.5. The Morgan fingerprint density at radius 2 is 2.25 bits per heavy atom. The first-order valence-corrected chi connectivity index (χ1v) is 7.05. The number of rotatable bonds is 3. The Morgan fingerprint density at radius 3 is 2.95 bits per heavy atom. The van der Waals surface area contributed by atoms with Crippen molar-refractivity contribution in [2.45, 2.75) is 25.8 Å². The van der Waals surface area contributed by atoms with Crippen molar-refractivity contribution in [3.8, 4) is 0 Å². The van der Waals surface area contributed by atoms with Crippen molar-refractivity contribution in [3.63, 3.8) is 0 Å². The van der Waals surface area contributed by atoms with E-state index in [2.05, 4.69) is 0 Å². The molecule has 1 saturated heterocycles. The molecule has 2 unspecified atom stereocenters. The third-order valence-corrected chi connectivity index (χ3v) is 3.82. The summed E-state index contributed by atoms with van der Waals surface area (Å²) in [5.41, 5.74) is 6.34. The largest absolute Gasteiger partial charge is 0.339 e. The highest BCUT2D eigenvalue weighted by molar-refractivity contribution is 5.91. The number of carbonyl (C=O) groups excluding carboxylic acids is 1. The van der Waals surface area contributed by atoms with Gasteiger partial charge in [-0.05, 0) is 37.8 Å². The van der Waals surface area contributed by atoms with E-state index in [0.29, 0.717) is 18.0 Å². The Balaban J connectivity index is 1.99. The first-order valence-electron chi connectivity index (χ1n) is 7.05. The number of likely N-dealkylation sites (tertiary alicyclic amines) is 1. The van der Waals surface area contributed by atoms with E-state index in [1.54, 1.807) is 23.1 Å². The zero-order valence-electron chi connectivity index (χ0n) is 11.8. The highest BCUT2D eigenvalue weighted by atomic mass is 19.1. The second kappa shape index (κ2) is 6.66. The van der Waals surface area contributed by atoms with E-state index in [9.17, 15) is 9.18 Å². The van der Waals surface area contributed by atoms with Gasteiger partial charge >= 0.3 is 0 Å². The van der Waals surface area contributed by atoms with Crippen LogP contribution >= 0.6 is 0 Å². The summed E-state index contributed by atoms with van der Waals surface area (Å²) in [5, 5.41) is 0. The molecule has 0 radical (unpaired) electrons. The molecule has 1 aromatic carbocycles. The molecule has 2 rings (SSSR count). The summed E-state index contributed by atoms with van der Waals surface area (Å²) < 4.78 is 13.5. The smallest absolute Gasteiger partial charge is 0.246 e. The Hall–Kier alpha value is -1.68. The van der Waals surface area contributed by atoms with E-state index in [1.165, 1.54) is 18.2 Å². The molecule has 4 heteroatoms. The standard InChI is InChI=1S/C16H21FN2O/c1-12(18)14-6-4-10-19(11-14)16(20)9-8-13-5-2-3-7-15(13)17/h2-3,5,7-9,12,14H,4,6,10-11,18H2,1H3. The van der Waals surface area contributed by atoms with Crippen LogP contribution in [0.3, 0.4) is 0 Å². The summed E-state index contributed by atoms with van der Waals surface area (Å²) in [6, 6.07) is 6.52. The van der Waals surface area contributed by atoms with Gasteiger partial charge in [0.1, 0.15) is 5.82 Å². The molecule has 0 bridgehead atoms. The van der Waals surface area contributed by atoms with E-state index < -0.39 is 0 Å². The van der Waals surface area contributed by atoms with Crippen LogP contribution in [0.15, 0.2) is 30.3 Å². The van der Waals surface area contributed by atoms with E-state index in [1.807, 2.05) is 6.92 Å². The van der Waals surface area contributed by atoms with Gasteiger partial charge < -0.3 is 10.6 Å². The Labute approximate surface area is 119 Å². The van der Waals surface area contributed by atoms with Crippen molar-refractivity contribution >= 4 is 12.0 Å². The second-order valence-electron chi connectivity index (χ2n) is 5.40. The monoisotopic (exact) mass is 276 g/mol. The van der Waals surface area contributed by atoms with Gasteiger partial charge in [-0.25, -0.2) is 4.39 Å². The lowest BCUT2D eigenvalue weighted by Crippen LogP contribution is -2.44. The molecule has 3 nitrogen and oxygen atoms in total. The number of halogens is 1. The minimum absolute atomic E-state index is 0.0707. The topological polar surface area (TPSA) is 46.3 Å². The fourth-order valence-corrected chi connectivity index (χ4v) is 2.52. The molecule has 1 aliphatic rings. The van der Waals surface area contributed by atoms with E-state index in [0.717, 1.165) is 19.4 Å². The van der Waals surface area contributed by atoms with Crippen LogP contribution in [0.2, 0.25) is 0 Å². The van der Waals surface area contributed by atoms with Crippen LogP contribution in [0.25, 0.3) is 6.08 Å². The SMILES string of the molecule is CC(N)C1CCCN(C(=O)C=Cc2ccccc2F)C1. The summed E-state index contributed by atoms with van der Waals surface area (Å²) in [6.07, 6.45) is 5.03. The van der Waals surface area contributed by atoms with Crippen molar-refractivity contribution in [1.82, 2.24) is 4.90 Å². The van der Waals surface area contributed by atoms with Gasteiger partial charge in [0, 0.05) is 30.8 Å². The number of piperidine rings is 1. The lowest BCUT2D eigenvalue weighted by atomic mass is 9.92. The Bertz CT molecular complexity index is 499. The van der Waals surface area contributed by atoms with Crippen LogP contribution in [0, 0.1) is 11.7 Å². The fourth-order valence-electron chi connectivity index (χ4n) is 2.52. The molecule has 1 heterocycles. The van der Waals surface area contributed by atoms with Crippen LogP contribution in [-0.4, -0.2) is 29.9 Å². The molecular weight excluding hydrogens is 255 g/mol. The summed E-state index contributed by atoms with van der Waals surface area (Å²) >= 11 is 0. The average Bonchev–Trinajstić information content (AvgIpc) is 2.46. The lowest BCUT2D eigenvalue weighted by molar-refractivity contribution is -0.127. The van der Waals surface area contributed by atoms with Crippen LogP contribution in [0.4, 0.5) is 4.39 Å². The maximum Gasteiger partial charge on any atom is 0.246 e. The van der Waals surface area contributed by atoms with Gasteiger partial charge in [0.2, 0.25) is 5.91 Å². The first kappa shape index (κ1) is 14.7. The Kier molecular flexibility index (Phi) is 4.90. The third-order valence-electron chi connectivity index (χ3n) is 3.82. The number of amides is 1. The van der Waals surface area contributed by atoms with Gasteiger partial charge in [-0.2, -0.15) is 0 Å². The van der Waals surface area contributed by atoms with E-state index >= 15 is 0 Å². The number of hydrogen-bond donors (Lipinski definition) is 1. The minimum atomic E-state index is -0.316. The number of carbonyl (C=O) groups is 1. The van der Waals surface area contributed by atoms with Crippen molar-refractivity contribution in [2.75, 3.05) is 13.1 Å². The lowest BCUT2D eigenvalue weighted by Gasteiger charge is -2.34. The number of nitrogens with two attached hydrogens (primary N) is 1. The maximum atomic E-state index is 13.5. The highest BCUT2D eigenvalue weighted by Crippen LogP contribution is 2.19. The molecule has 1 aromatic rings. The van der Waals surface area contributed by atoms with Crippen LogP contribution in [0.1, 0.15) is 25.3 Å². The summed E-state index contributed by atoms with van der Waals surface area (Å²) in [7, 11) is 0. The molecule has 20 heavy (non-hydrogen) atoms. The zero-order valence-corrected chi connectivity index (χ0v) is 11.8. The predicted octanol–water partition coefficient (Wildman–Crippen LogP) is 2.42.